The predicted molar refractivity (Wildman–Crippen MR) is 44.1 cm³/mol. The summed E-state index contributed by atoms with van der Waals surface area (Å²) in [6.45, 7) is -3.48. The normalized spacial score (nSPS) is 9.00. The Labute approximate surface area is 115 Å². The first kappa shape index (κ1) is 21.2. The van der Waals surface area contributed by atoms with Crippen molar-refractivity contribution in [3.05, 3.63) is 36.4 Å². The van der Waals surface area contributed by atoms with E-state index in [9.17, 15) is 26.3 Å². The molecule has 1 rings (SSSR count). The number of rotatable bonds is 0. The average Bonchev–Trinajstić information content (AvgIpc) is 2.03. The molecule has 0 atom stereocenters. The quantitative estimate of drug-likeness (QED) is 0.496. The molecule has 0 aliphatic heterocycles. The molecule has 0 fully saturated rings. The van der Waals surface area contributed by atoms with Crippen molar-refractivity contribution in [2.45, 2.75) is 19.8 Å². The molecule has 1 aromatic rings. The molecular weight excluding hydrogens is 311 g/mol. The molecule has 0 N–H and O–H groups in total. The maximum Gasteiger partial charge on any atom is 0.386 e. The van der Waals surface area contributed by atoms with Crippen molar-refractivity contribution in [3.8, 4) is 0 Å². The summed E-state index contributed by atoms with van der Waals surface area (Å²) in [6.07, 6.45) is -4.00. The molecule has 0 bridgehead atoms. The topological polar surface area (TPSA) is 0 Å². The van der Waals surface area contributed by atoms with E-state index in [0.717, 1.165) is 0 Å². The van der Waals surface area contributed by atoms with Crippen LogP contribution >= 0.6 is 0 Å². The summed E-state index contributed by atoms with van der Waals surface area (Å²) >= 11 is 0. The maximum absolute atomic E-state index is 10.4. The van der Waals surface area contributed by atoms with Crippen LogP contribution < -0.4 is 0 Å². The fraction of sp³-hybridized carbons (Fsp3) is 0.333. The Bertz CT molecular complexity index is 176. The zero-order chi connectivity index (χ0) is 12.3. The largest absolute Gasteiger partial charge is 0.386 e. The Morgan fingerprint density at radius 1 is 0.938 bits per heavy atom. The molecule has 1 radical (unpaired) electrons. The van der Waals surface area contributed by atoms with Gasteiger partial charge in [0.05, 0.1) is 0 Å². The van der Waals surface area contributed by atoms with Gasteiger partial charge in [-0.2, -0.15) is 62.7 Å². The molecular formula is C9H9F6Y-. The minimum atomic E-state index is -4.00. The van der Waals surface area contributed by atoms with E-state index in [1.54, 1.807) is 0 Å². The van der Waals surface area contributed by atoms with Gasteiger partial charge in [0, 0.05) is 39.6 Å². The Morgan fingerprint density at radius 3 is 1.25 bits per heavy atom. The molecule has 91 valence electrons. The SMILES string of the molecule is CC(F)(F)F.FC(F)F.[Y].[c-]1ccccc1. The molecule has 0 nitrogen and oxygen atoms in total. The Kier molecular flexibility index (Phi) is 17.2. The number of benzene rings is 1. The Hall–Kier alpha value is -0.0961. The van der Waals surface area contributed by atoms with Crippen molar-refractivity contribution in [1.29, 1.82) is 0 Å². The molecule has 0 saturated heterocycles. The molecule has 0 aliphatic rings. The van der Waals surface area contributed by atoms with E-state index >= 15 is 0 Å². The van der Waals surface area contributed by atoms with Gasteiger partial charge in [0.1, 0.15) is 0 Å². The van der Waals surface area contributed by atoms with Gasteiger partial charge in [0.15, 0.2) is 0 Å². The monoisotopic (exact) mass is 320 g/mol. The van der Waals surface area contributed by atoms with Crippen LogP contribution in [0.3, 0.4) is 0 Å². The van der Waals surface area contributed by atoms with Crippen molar-refractivity contribution in [2.75, 3.05) is 0 Å². The molecule has 0 heterocycles. The smallest absolute Gasteiger partial charge is 0.184 e. The van der Waals surface area contributed by atoms with Gasteiger partial charge in [-0.05, 0) is 0 Å². The number of alkyl halides is 6. The second-order valence-electron chi connectivity index (χ2n) is 2.11. The van der Waals surface area contributed by atoms with E-state index in [1.807, 2.05) is 30.3 Å². The minimum absolute atomic E-state index is 0. The van der Waals surface area contributed by atoms with Crippen LogP contribution in [0.4, 0.5) is 26.3 Å². The molecule has 0 aliphatic carbocycles. The van der Waals surface area contributed by atoms with Crippen LogP contribution in [-0.4, -0.2) is 12.9 Å². The van der Waals surface area contributed by atoms with Crippen LogP contribution in [0.1, 0.15) is 6.92 Å². The standard InChI is InChI=1S/C6H5.C2H3F3.CHF3.Y/c1-2-4-6-5-3-1;1-2(3,4)5;2-1(3)4;/h1-5H;1H3;1H;/q-1;;;. The zero-order valence-electron chi connectivity index (χ0n) is 8.31. The second-order valence-corrected chi connectivity index (χ2v) is 2.11. The molecule has 0 aromatic heterocycles. The van der Waals surface area contributed by atoms with Gasteiger partial charge in [0.25, 0.3) is 0 Å². The molecule has 16 heavy (non-hydrogen) atoms. The molecule has 1 aromatic carbocycles. The number of halogens is 6. The fourth-order valence-corrected chi connectivity index (χ4v) is 0.342. The first-order valence-corrected chi connectivity index (χ1v) is 3.63. The van der Waals surface area contributed by atoms with E-state index in [4.69, 9.17) is 0 Å². The third kappa shape index (κ3) is 66.4. The van der Waals surface area contributed by atoms with E-state index in [0.29, 0.717) is 0 Å². The van der Waals surface area contributed by atoms with Crippen molar-refractivity contribution < 1.29 is 59.1 Å². The van der Waals surface area contributed by atoms with Gasteiger partial charge in [-0.1, -0.05) is 0 Å². The van der Waals surface area contributed by atoms with Crippen LogP contribution in [0.15, 0.2) is 30.3 Å². The molecule has 7 heteroatoms. The summed E-state index contributed by atoms with van der Waals surface area (Å²) in [6, 6.07) is 12.5. The van der Waals surface area contributed by atoms with E-state index in [-0.39, 0.29) is 39.6 Å². The van der Waals surface area contributed by atoms with Crippen molar-refractivity contribution in [2.24, 2.45) is 0 Å². The van der Waals surface area contributed by atoms with Gasteiger partial charge >= 0.3 is 12.9 Å². The molecule has 0 amide bonds. The first-order valence-electron chi connectivity index (χ1n) is 3.63. The van der Waals surface area contributed by atoms with Gasteiger partial charge in [-0.25, -0.2) is 0 Å². The summed E-state index contributed by atoms with van der Waals surface area (Å²) in [5, 5.41) is 0. The predicted octanol–water partition coefficient (Wildman–Crippen LogP) is 4.23. The third-order valence-electron chi connectivity index (χ3n) is 0.607. The average molecular weight is 320 g/mol. The van der Waals surface area contributed by atoms with E-state index in [1.165, 1.54) is 0 Å². The van der Waals surface area contributed by atoms with Gasteiger partial charge < -0.3 is 0 Å². The number of hydrogen-bond donors (Lipinski definition) is 0. The van der Waals surface area contributed by atoms with Gasteiger partial charge in [0.2, 0.25) is 0 Å². The van der Waals surface area contributed by atoms with Crippen LogP contribution in [-0.2, 0) is 32.7 Å². The van der Waals surface area contributed by atoms with Crippen LogP contribution in [0.2, 0.25) is 0 Å². The zero-order valence-corrected chi connectivity index (χ0v) is 11.1. The van der Waals surface area contributed by atoms with Crippen molar-refractivity contribution >= 4 is 0 Å². The van der Waals surface area contributed by atoms with E-state index in [2.05, 4.69) is 6.07 Å². The first-order chi connectivity index (χ1) is 6.73. The summed E-state index contributed by atoms with van der Waals surface area (Å²) in [5.41, 5.74) is 0. The second kappa shape index (κ2) is 13.0. The Morgan fingerprint density at radius 2 is 1.19 bits per heavy atom. The minimum Gasteiger partial charge on any atom is -0.184 e. The maximum atomic E-state index is 10.4. The van der Waals surface area contributed by atoms with Gasteiger partial charge in [-0.3, -0.25) is 0 Å². The van der Waals surface area contributed by atoms with Crippen LogP contribution in [0.5, 0.6) is 0 Å². The number of hydrogen-bond acceptors (Lipinski definition) is 0. The van der Waals surface area contributed by atoms with Crippen molar-refractivity contribution in [1.82, 2.24) is 0 Å². The Balaban J connectivity index is -0.000000158. The fourth-order valence-electron chi connectivity index (χ4n) is 0.342. The summed E-state index contributed by atoms with van der Waals surface area (Å²) < 4.78 is 60.1. The third-order valence-corrected chi connectivity index (χ3v) is 0.607. The van der Waals surface area contributed by atoms with Crippen molar-refractivity contribution in [3.63, 3.8) is 0 Å². The van der Waals surface area contributed by atoms with Crippen LogP contribution in [0.25, 0.3) is 0 Å². The van der Waals surface area contributed by atoms with Crippen LogP contribution in [0, 0.1) is 6.07 Å². The molecule has 0 spiro atoms. The molecule has 0 saturated carbocycles. The molecule has 0 unspecified atom stereocenters. The summed E-state index contributed by atoms with van der Waals surface area (Å²) in [5.74, 6) is 0. The summed E-state index contributed by atoms with van der Waals surface area (Å²) in [4.78, 5) is 0. The van der Waals surface area contributed by atoms with Gasteiger partial charge in [-0.15, -0.1) is 0 Å². The summed E-state index contributed by atoms with van der Waals surface area (Å²) in [7, 11) is 0. The van der Waals surface area contributed by atoms with E-state index < -0.39 is 12.9 Å².